The van der Waals surface area contributed by atoms with Crippen molar-refractivity contribution in [3.05, 3.63) is 23.3 Å². The van der Waals surface area contributed by atoms with Gasteiger partial charge < -0.3 is 89.0 Å². The molecule has 8 aliphatic rings. The number of aliphatic hydroxyl groups excluding tert-OH is 10. The number of allylic oxidation sites excluding steroid dienone is 3. The van der Waals surface area contributed by atoms with Crippen molar-refractivity contribution < 1.29 is 98.5 Å². The third-order valence-corrected chi connectivity index (χ3v) is 20.5. The Morgan fingerprint density at radius 3 is 2.03 bits per heavy atom. The van der Waals surface area contributed by atoms with Crippen LogP contribution in [0.3, 0.4) is 0 Å². The second-order valence-corrected chi connectivity index (χ2v) is 25.2. The van der Waals surface area contributed by atoms with E-state index in [1.807, 2.05) is 13.8 Å². The van der Waals surface area contributed by atoms with Crippen LogP contribution >= 0.6 is 0 Å². The molecule has 4 saturated carbocycles. The molecule has 5 aliphatic carbocycles. The first-order valence-corrected chi connectivity index (χ1v) is 26.8. The van der Waals surface area contributed by atoms with E-state index in [-0.39, 0.29) is 29.1 Å². The number of carbonyl (C=O) groups is 2. The highest BCUT2D eigenvalue weighted by Gasteiger charge is 2.74. The van der Waals surface area contributed by atoms with Crippen LogP contribution in [0.5, 0.6) is 0 Å². The fourth-order valence-corrected chi connectivity index (χ4v) is 15.9. The van der Waals surface area contributed by atoms with Gasteiger partial charge in [0.05, 0.1) is 43.5 Å². The van der Waals surface area contributed by atoms with Crippen molar-refractivity contribution >= 4 is 11.9 Å². The van der Waals surface area contributed by atoms with Crippen molar-refractivity contribution in [2.75, 3.05) is 19.8 Å². The molecule has 0 spiro atoms. The highest BCUT2D eigenvalue weighted by Crippen LogP contribution is 2.76. The first kappa shape index (κ1) is 57.9. The molecule has 3 saturated heterocycles. The molecule has 422 valence electrons. The minimum atomic E-state index is -1.80. The van der Waals surface area contributed by atoms with Crippen LogP contribution in [0.4, 0.5) is 0 Å². The second kappa shape index (κ2) is 20.8. The molecule has 74 heavy (non-hydrogen) atoms. The van der Waals surface area contributed by atoms with E-state index in [1.54, 1.807) is 19.9 Å². The van der Waals surface area contributed by atoms with Crippen LogP contribution in [0.15, 0.2) is 23.3 Å². The molecule has 7 fully saturated rings. The Morgan fingerprint density at radius 1 is 0.730 bits per heavy atom. The van der Waals surface area contributed by atoms with E-state index in [0.29, 0.717) is 31.3 Å². The second-order valence-electron chi connectivity index (χ2n) is 25.2. The van der Waals surface area contributed by atoms with Crippen LogP contribution in [0.25, 0.3) is 0 Å². The van der Waals surface area contributed by atoms with Gasteiger partial charge in [0.25, 0.3) is 0 Å². The van der Waals surface area contributed by atoms with E-state index < -0.39 is 170 Å². The third kappa shape index (κ3) is 9.17. The maximum atomic E-state index is 13.4. The summed E-state index contributed by atoms with van der Waals surface area (Å²) < 4.78 is 49.6. The van der Waals surface area contributed by atoms with E-state index in [4.69, 9.17) is 37.9 Å². The standard InChI is InChI=1S/C54H86O20/c1-12-24(2)45(66)74-43-44(69-26(4)57)54(23-56)28(19-49(43,5)6)27-13-14-32-51(9)17-16-34(50(7,8)31(51)15-18-52(32,10)53(27,11)20-33(54)59)71-48-42(73-46-39(64)36(61)29(58)22-67-46)41(37(62)30(21-55)70-48)72-47-40(65)38(63)35(60)25(3)68-47/h12-13,25,28-44,46-48,55-56,58-65H,14-23H2,1-11H3/b24-12+/t25-,28-,29+,30+,31-,32+,33+,34-,35-,36-,37+,38+,39+,40+,41-,42+,43-,44-,46-,47-,48-,51-,52+,53+,54-/m0/s1. The molecule has 0 amide bonds. The molecule has 0 aromatic heterocycles. The molecule has 0 aromatic rings. The van der Waals surface area contributed by atoms with Gasteiger partial charge in [0.2, 0.25) is 0 Å². The molecule has 25 atom stereocenters. The minimum Gasteiger partial charge on any atom is -0.458 e. The molecule has 10 N–H and O–H groups in total. The first-order valence-electron chi connectivity index (χ1n) is 26.8. The molecule has 0 bridgehead atoms. The molecule has 0 aromatic carbocycles. The normalized spacial score (nSPS) is 51.0. The Bertz CT molecular complexity index is 2120. The number of carbonyl (C=O) groups excluding carboxylic acids is 2. The zero-order valence-corrected chi connectivity index (χ0v) is 44.9. The number of esters is 2. The topological polar surface area (TPSA) is 310 Å². The van der Waals surface area contributed by atoms with Crippen LogP contribution in [-0.2, 0) is 47.5 Å². The van der Waals surface area contributed by atoms with E-state index in [0.717, 1.165) is 18.4 Å². The minimum absolute atomic E-state index is 0.0445. The lowest BCUT2D eigenvalue weighted by atomic mass is 9.33. The molecule has 20 nitrogen and oxygen atoms in total. The van der Waals surface area contributed by atoms with Crippen molar-refractivity contribution in [2.45, 2.75) is 232 Å². The highest BCUT2D eigenvalue weighted by molar-refractivity contribution is 5.87. The van der Waals surface area contributed by atoms with Crippen molar-refractivity contribution in [1.29, 1.82) is 0 Å². The molecule has 0 radical (unpaired) electrons. The molecule has 0 unspecified atom stereocenters. The predicted octanol–water partition coefficient (Wildman–Crippen LogP) is 1.28. The van der Waals surface area contributed by atoms with Gasteiger partial charge in [-0.25, -0.2) is 4.79 Å². The Balaban J connectivity index is 1.10. The maximum absolute atomic E-state index is 13.4. The van der Waals surface area contributed by atoms with Crippen LogP contribution in [-0.4, -0.2) is 193 Å². The van der Waals surface area contributed by atoms with Gasteiger partial charge in [-0.2, -0.15) is 0 Å². The third-order valence-electron chi connectivity index (χ3n) is 20.5. The van der Waals surface area contributed by atoms with E-state index >= 15 is 0 Å². The number of fused-ring (bicyclic) bond motifs is 7. The number of hydrogen-bond donors (Lipinski definition) is 10. The van der Waals surface area contributed by atoms with Gasteiger partial charge in [-0.1, -0.05) is 66.2 Å². The Kier molecular flexibility index (Phi) is 16.3. The Morgan fingerprint density at radius 2 is 1.39 bits per heavy atom. The number of rotatable bonds is 11. The number of ether oxygens (including phenoxy) is 8. The number of aliphatic hydroxyl groups is 10. The van der Waals surface area contributed by atoms with Crippen LogP contribution in [0, 0.1) is 50.2 Å². The molecule has 8 rings (SSSR count). The van der Waals surface area contributed by atoms with Crippen LogP contribution in [0.1, 0.15) is 121 Å². The van der Waals surface area contributed by atoms with E-state index in [2.05, 4.69) is 40.7 Å². The largest absolute Gasteiger partial charge is 0.458 e. The molecular weight excluding hydrogens is 969 g/mol. The maximum Gasteiger partial charge on any atom is 0.333 e. The summed E-state index contributed by atoms with van der Waals surface area (Å²) in [5, 5.41) is 111. The van der Waals surface area contributed by atoms with Crippen LogP contribution < -0.4 is 0 Å². The fraction of sp³-hybridized carbons (Fsp3) is 0.889. The van der Waals surface area contributed by atoms with E-state index in [9.17, 15) is 60.7 Å². The summed E-state index contributed by atoms with van der Waals surface area (Å²) in [7, 11) is 0. The monoisotopic (exact) mass is 1050 g/mol. The van der Waals surface area contributed by atoms with Gasteiger partial charge in [-0.15, -0.1) is 0 Å². The zero-order chi connectivity index (χ0) is 54.6. The SMILES string of the molecule is C/C=C(\C)C(=O)O[C@H]1[C@H](OC(C)=O)[C@]2(CO)[C@H](O)C[C@]3(C)C(=CC[C@@H]4[C@@]5(C)CC[C@H](O[C@@H]6O[C@H](CO)[C@@H](O)[C@H](O[C@@H]7O[C@@H](C)[C@H](O)[C@@H](O)[C@H]7O)[C@H]6O[C@@H]6OC[C@@H](O)[C@H](O)[C@H]6O)C(C)(C)[C@@H]5CC[C@]43C)[C@@H]2CC1(C)C. The smallest absolute Gasteiger partial charge is 0.333 e. The summed E-state index contributed by atoms with van der Waals surface area (Å²) in [6, 6.07) is 0. The molecule has 3 heterocycles. The summed E-state index contributed by atoms with van der Waals surface area (Å²) in [5.74, 6) is -1.45. The summed E-state index contributed by atoms with van der Waals surface area (Å²) in [6.07, 6.45) is -17.3. The summed E-state index contributed by atoms with van der Waals surface area (Å²) >= 11 is 0. The average Bonchev–Trinajstić information content (AvgIpc) is 3.33. The lowest BCUT2D eigenvalue weighted by molar-refractivity contribution is -0.394. The highest BCUT2D eigenvalue weighted by atomic mass is 16.8. The van der Waals surface area contributed by atoms with Crippen molar-refractivity contribution in [2.24, 2.45) is 50.2 Å². The van der Waals surface area contributed by atoms with Crippen molar-refractivity contribution in [1.82, 2.24) is 0 Å². The lowest BCUT2D eigenvalue weighted by Gasteiger charge is -2.72. The molecular formula is C54H86O20. The first-order chi connectivity index (χ1) is 34.5. The summed E-state index contributed by atoms with van der Waals surface area (Å²) in [5.41, 5.74) is -2.43. The molecule has 3 aliphatic heterocycles. The average molecular weight is 1060 g/mol. The quantitative estimate of drug-likeness (QED) is 0.0603. The zero-order valence-electron chi connectivity index (χ0n) is 44.9. The van der Waals surface area contributed by atoms with Gasteiger partial charge >= 0.3 is 11.9 Å². The van der Waals surface area contributed by atoms with Crippen molar-refractivity contribution in [3.8, 4) is 0 Å². The van der Waals surface area contributed by atoms with Gasteiger partial charge in [-0.3, -0.25) is 4.79 Å². The van der Waals surface area contributed by atoms with Gasteiger partial charge in [-0.05, 0) is 105 Å². The van der Waals surface area contributed by atoms with Crippen molar-refractivity contribution in [3.63, 3.8) is 0 Å². The summed E-state index contributed by atoms with van der Waals surface area (Å²) in [4.78, 5) is 26.4. The number of hydrogen-bond acceptors (Lipinski definition) is 20. The lowest BCUT2D eigenvalue weighted by Crippen LogP contribution is -2.72. The Labute approximate surface area is 434 Å². The van der Waals surface area contributed by atoms with Gasteiger partial charge in [0.15, 0.2) is 18.9 Å². The van der Waals surface area contributed by atoms with E-state index in [1.165, 1.54) is 13.8 Å². The predicted molar refractivity (Wildman–Crippen MR) is 260 cm³/mol. The summed E-state index contributed by atoms with van der Waals surface area (Å²) in [6.45, 7) is 19.7. The van der Waals surface area contributed by atoms with Gasteiger partial charge in [0.1, 0.15) is 73.2 Å². The van der Waals surface area contributed by atoms with Gasteiger partial charge in [0, 0.05) is 17.9 Å². The fourth-order valence-electron chi connectivity index (χ4n) is 15.9. The van der Waals surface area contributed by atoms with Crippen LogP contribution in [0.2, 0.25) is 0 Å². The Hall–Kier alpha value is -2.22. The molecule has 20 heteroatoms.